The molecule has 0 aliphatic carbocycles. The van der Waals surface area contributed by atoms with E-state index in [1.165, 1.54) is 12.1 Å². The van der Waals surface area contributed by atoms with Crippen LogP contribution in [-0.4, -0.2) is 4.57 Å². The number of anilines is 1. The molecule has 1 heterocycles. The van der Waals surface area contributed by atoms with Gasteiger partial charge in [-0.25, -0.2) is 8.78 Å². The van der Waals surface area contributed by atoms with Crippen LogP contribution in [0.4, 0.5) is 14.5 Å². The molecule has 0 radical (unpaired) electrons. The number of halogens is 2. The van der Waals surface area contributed by atoms with Gasteiger partial charge in [0.05, 0.1) is 5.69 Å². The summed E-state index contributed by atoms with van der Waals surface area (Å²) in [6.45, 7) is 0.373. The van der Waals surface area contributed by atoms with Gasteiger partial charge in [0, 0.05) is 25.9 Å². The molecule has 0 bridgehead atoms. The second-order valence-corrected chi connectivity index (χ2v) is 3.93. The van der Waals surface area contributed by atoms with Crippen LogP contribution in [0.1, 0.15) is 11.3 Å². The first kappa shape index (κ1) is 12.1. The van der Waals surface area contributed by atoms with Crippen molar-refractivity contribution in [2.45, 2.75) is 6.54 Å². The van der Waals surface area contributed by atoms with Gasteiger partial charge in [-0.2, -0.15) is 5.26 Å². The Morgan fingerprint density at radius 1 is 1.33 bits per heavy atom. The van der Waals surface area contributed by atoms with Crippen molar-refractivity contribution in [3.8, 4) is 6.07 Å². The summed E-state index contributed by atoms with van der Waals surface area (Å²) in [5, 5.41) is 11.7. The quantitative estimate of drug-likeness (QED) is 0.906. The van der Waals surface area contributed by atoms with Crippen molar-refractivity contribution in [2.24, 2.45) is 7.05 Å². The van der Waals surface area contributed by atoms with Crippen LogP contribution in [0.25, 0.3) is 0 Å². The average Bonchev–Trinajstić information content (AvgIpc) is 2.69. The number of hydrogen-bond acceptors (Lipinski definition) is 2. The number of nitrogens with zero attached hydrogens (tertiary/aromatic N) is 2. The van der Waals surface area contributed by atoms with Crippen molar-refractivity contribution in [3.63, 3.8) is 0 Å². The maximum Gasteiger partial charge on any atom is 0.149 e. The normalized spacial score (nSPS) is 10.1. The lowest BCUT2D eigenvalue weighted by atomic mass is 10.2. The Morgan fingerprint density at radius 2 is 2.11 bits per heavy atom. The molecule has 3 nitrogen and oxygen atoms in total. The Bertz CT molecular complexity index is 611. The highest BCUT2D eigenvalue weighted by atomic mass is 19.1. The van der Waals surface area contributed by atoms with Crippen molar-refractivity contribution >= 4 is 5.69 Å². The third-order valence-electron chi connectivity index (χ3n) is 2.59. The molecule has 0 unspecified atom stereocenters. The van der Waals surface area contributed by atoms with E-state index in [4.69, 9.17) is 5.26 Å². The molecule has 0 amide bonds. The molecule has 18 heavy (non-hydrogen) atoms. The van der Waals surface area contributed by atoms with E-state index in [2.05, 4.69) is 5.32 Å². The molecule has 1 N–H and O–H groups in total. The monoisotopic (exact) mass is 247 g/mol. The molecular formula is C13H11F2N3. The number of nitrogens with one attached hydrogen (secondary N) is 1. The molecule has 5 heteroatoms. The number of benzene rings is 1. The van der Waals surface area contributed by atoms with Crippen molar-refractivity contribution in [2.75, 3.05) is 5.32 Å². The van der Waals surface area contributed by atoms with Gasteiger partial charge in [0.15, 0.2) is 0 Å². The highest BCUT2D eigenvalue weighted by Gasteiger charge is 2.05. The van der Waals surface area contributed by atoms with E-state index in [9.17, 15) is 8.78 Å². The molecule has 1 aromatic carbocycles. The zero-order valence-electron chi connectivity index (χ0n) is 9.74. The SMILES string of the molecule is Cn1cc(CNc2ccc(F)cc2F)cc1C#N. The standard InChI is InChI=1S/C13H11F2N3/c1-18-8-9(4-11(18)6-16)7-17-13-3-2-10(14)5-12(13)15/h2-5,8,17H,7H2,1H3. The predicted molar refractivity (Wildman–Crippen MR) is 63.8 cm³/mol. The van der Waals surface area contributed by atoms with Crippen molar-refractivity contribution in [3.05, 3.63) is 53.4 Å². The largest absolute Gasteiger partial charge is 0.379 e. The number of aromatic nitrogens is 1. The lowest BCUT2D eigenvalue weighted by Crippen LogP contribution is -2.00. The molecule has 0 fully saturated rings. The summed E-state index contributed by atoms with van der Waals surface area (Å²) in [6, 6.07) is 7.13. The summed E-state index contributed by atoms with van der Waals surface area (Å²) in [4.78, 5) is 0. The molecule has 92 valence electrons. The topological polar surface area (TPSA) is 40.8 Å². The summed E-state index contributed by atoms with van der Waals surface area (Å²) in [5.41, 5.74) is 1.63. The van der Waals surface area contributed by atoms with E-state index in [-0.39, 0.29) is 5.69 Å². The molecule has 1 aromatic heterocycles. The minimum atomic E-state index is -0.633. The average molecular weight is 247 g/mol. The van der Waals surface area contributed by atoms with Gasteiger partial charge < -0.3 is 9.88 Å². The smallest absolute Gasteiger partial charge is 0.149 e. The second-order valence-electron chi connectivity index (χ2n) is 3.93. The Hall–Kier alpha value is -2.35. The van der Waals surface area contributed by atoms with Crippen LogP contribution >= 0.6 is 0 Å². The van der Waals surface area contributed by atoms with Crippen molar-refractivity contribution in [1.29, 1.82) is 5.26 Å². The number of hydrogen-bond donors (Lipinski definition) is 1. The van der Waals surface area contributed by atoms with Gasteiger partial charge in [0.2, 0.25) is 0 Å². The van der Waals surface area contributed by atoms with Gasteiger partial charge in [0.1, 0.15) is 23.4 Å². The molecule has 0 saturated carbocycles. The van der Waals surface area contributed by atoms with Gasteiger partial charge in [-0.3, -0.25) is 0 Å². The summed E-state index contributed by atoms with van der Waals surface area (Å²) in [7, 11) is 1.76. The first-order valence-electron chi connectivity index (χ1n) is 5.34. The predicted octanol–water partition coefficient (Wildman–Crippen LogP) is 2.79. The Labute approximate surface area is 103 Å². The van der Waals surface area contributed by atoms with Crippen LogP contribution < -0.4 is 5.32 Å². The fraction of sp³-hybridized carbons (Fsp3) is 0.154. The van der Waals surface area contributed by atoms with Crippen LogP contribution in [-0.2, 0) is 13.6 Å². The lowest BCUT2D eigenvalue weighted by Gasteiger charge is -2.05. The summed E-state index contributed by atoms with van der Waals surface area (Å²) in [5.74, 6) is -1.24. The van der Waals surface area contributed by atoms with E-state index in [1.54, 1.807) is 23.9 Å². The van der Waals surface area contributed by atoms with Crippen LogP contribution in [0.3, 0.4) is 0 Å². The van der Waals surface area contributed by atoms with Gasteiger partial charge in [0.25, 0.3) is 0 Å². The summed E-state index contributed by atoms with van der Waals surface area (Å²) in [6.07, 6.45) is 1.78. The third-order valence-corrected chi connectivity index (χ3v) is 2.59. The van der Waals surface area contributed by atoms with Gasteiger partial charge in [-0.15, -0.1) is 0 Å². The molecule has 2 aromatic rings. The molecule has 2 rings (SSSR count). The fourth-order valence-electron chi connectivity index (χ4n) is 1.67. The molecule has 0 atom stereocenters. The van der Waals surface area contributed by atoms with E-state index >= 15 is 0 Å². The Balaban J connectivity index is 2.09. The minimum absolute atomic E-state index is 0.235. The third kappa shape index (κ3) is 2.48. The maximum absolute atomic E-state index is 13.3. The van der Waals surface area contributed by atoms with Crippen LogP contribution in [0.2, 0.25) is 0 Å². The first-order valence-corrected chi connectivity index (χ1v) is 5.34. The fourth-order valence-corrected chi connectivity index (χ4v) is 1.67. The van der Waals surface area contributed by atoms with Gasteiger partial charge in [-0.1, -0.05) is 0 Å². The van der Waals surface area contributed by atoms with Gasteiger partial charge in [-0.05, 0) is 23.8 Å². The molecule has 0 aliphatic rings. The highest BCUT2D eigenvalue weighted by Crippen LogP contribution is 2.16. The van der Waals surface area contributed by atoms with Gasteiger partial charge >= 0.3 is 0 Å². The number of rotatable bonds is 3. The minimum Gasteiger partial charge on any atom is -0.379 e. The van der Waals surface area contributed by atoms with E-state index in [0.717, 1.165) is 11.6 Å². The highest BCUT2D eigenvalue weighted by molar-refractivity contribution is 5.45. The van der Waals surface area contributed by atoms with E-state index in [1.807, 2.05) is 6.07 Å². The summed E-state index contributed by atoms with van der Waals surface area (Å²) < 4.78 is 27.7. The Morgan fingerprint density at radius 3 is 2.72 bits per heavy atom. The van der Waals surface area contributed by atoms with Crippen LogP contribution in [0, 0.1) is 23.0 Å². The maximum atomic E-state index is 13.3. The van der Waals surface area contributed by atoms with E-state index < -0.39 is 11.6 Å². The second kappa shape index (κ2) is 4.88. The molecule has 0 spiro atoms. The lowest BCUT2D eigenvalue weighted by molar-refractivity contribution is 0.585. The van der Waals surface area contributed by atoms with Crippen LogP contribution in [0.15, 0.2) is 30.5 Å². The van der Waals surface area contributed by atoms with E-state index in [0.29, 0.717) is 12.2 Å². The zero-order chi connectivity index (χ0) is 13.1. The first-order chi connectivity index (χ1) is 8.60. The molecular weight excluding hydrogens is 236 g/mol. The molecule has 0 saturated heterocycles. The molecule has 0 aliphatic heterocycles. The van der Waals surface area contributed by atoms with Crippen LogP contribution in [0.5, 0.6) is 0 Å². The Kier molecular flexibility index (Phi) is 3.28. The number of aryl methyl sites for hydroxylation is 1. The van der Waals surface area contributed by atoms with Crippen molar-refractivity contribution < 1.29 is 8.78 Å². The zero-order valence-corrected chi connectivity index (χ0v) is 9.74. The summed E-state index contributed by atoms with van der Waals surface area (Å²) >= 11 is 0. The number of nitriles is 1. The van der Waals surface area contributed by atoms with Crippen molar-refractivity contribution in [1.82, 2.24) is 4.57 Å².